The standard InChI is InChI=1S/C11H11ClN2O3/c1-17-11(16)8-4-5-9(13-7-8)14-10(15)3-2-6-12/h2-5,7H,6H2,1H3,(H,13,14,15)/b3-2+. The lowest BCUT2D eigenvalue weighted by molar-refractivity contribution is -0.111. The molecule has 1 aromatic heterocycles. The zero-order valence-corrected chi connectivity index (χ0v) is 9.90. The molecule has 0 radical (unpaired) electrons. The minimum Gasteiger partial charge on any atom is -0.465 e. The number of hydrogen-bond acceptors (Lipinski definition) is 4. The number of carbonyl (C=O) groups is 2. The average molecular weight is 255 g/mol. The van der Waals surface area contributed by atoms with Gasteiger partial charge < -0.3 is 10.1 Å². The number of rotatable bonds is 4. The number of ether oxygens (including phenoxy) is 1. The molecule has 0 bridgehead atoms. The third-order valence-corrected chi connectivity index (χ3v) is 1.97. The summed E-state index contributed by atoms with van der Waals surface area (Å²) in [6.07, 6.45) is 4.15. The van der Waals surface area contributed by atoms with Crippen molar-refractivity contribution in [3.05, 3.63) is 36.0 Å². The van der Waals surface area contributed by atoms with Gasteiger partial charge in [0.05, 0.1) is 12.7 Å². The van der Waals surface area contributed by atoms with E-state index in [4.69, 9.17) is 11.6 Å². The molecule has 0 fully saturated rings. The summed E-state index contributed by atoms with van der Waals surface area (Å²) in [5.74, 6) is -0.189. The smallest absolute Gasteiger partial charge is 0.339 e. The van der Waals surface area contributed by atoms with Crippen molar-refractivity contribution in [2.75, 3.05) is 18.3 Å². The fourth-order valence-electron chi connectivity index (χ4n) is 1.03. The van der Waals surface area contributed by atoms with Gasteiger partial charge in [-0.15, -0.1) is 11.6 Å². The molecule has 1 amide bonds. The monoisotopic (exact) mass is 254 g/mol. The Kier molecular flexibility index (Phi) is 5.16. The predicted octanol–water partition coefficient (Wildman–Crippen LogP) is 1.60. The maximum absolute atomic E-state index is 11.3. The summed E-state index contributed by atoms with van der Waals surface area (Å²) in [5, 5.41) is 2.51. The zero-order chi connectivity index (χ0) is 12.7. The second kappa shape index (κ2) is 6.65. The molecule has 0 aliphatic rings. The summed E-state index contributed by atoms with van der Waals surface area (Å²) in [6.45, 7) is 0. The Hall–Kier alpha value is -1.88. The SMILES string of the molecule is COC(=O)c1ccc(NC(=O)/C=C/CCl)nc1. The number of amides is 1. The van der Waals surface area contributed by atoms with E-state index in [0.717, 1.165) is 0 Å². The van der Waals surface area contributed by atoms with E-state index in [-0.39, 0.29) is 11.8 Å². The molecule has 1 heterocycles. The molecule has 0 saturated heterocycles. The first-order chi connectivity index (χ1) is 8.17. The van der Waals surface area contributed by atoms with E-state index in [0.29, 0.717) is 11.4 Å². The molecule has 0 atom stereocenters. The van der Waals surface area contributed by atoms with Gasteiger partial charge >= 0.3 is 5.97 Å². The Morgan fingerprint density at radius 3 is 2.82 bits per heavy atom. The molecule has 90 valence electrons. The number of allylic oxidation sites excluding steroid dienone is 1. The number of nitrogens with zero attached hydrogens (tertiary/aromatic N) is 1. The van der Waals surface area contributed by atoms with Gasteiger partial charge in [0.1, 0.15) is 5.82 Å². The highest BCUT2D eigenvalue weighted by Gasteiger charge is 2.05. The third-order valence-electron chi connectivity index (χ3n) is 1.79. The molecule has 0 aliphatic carbocycles. The normalized spacial score (nSPS) is 10.2. The van der Waals surface area contributed by atoms with Crippen LogP contribution in [-0.4, -0.2) is 29.9 Å². The largest absolute Gasteiger partial charge is 0.465 e. The Morgan fingerprint density at radius 1 is 1.53 bits per heavy atom. The molecule has 0 aliphatic heterocycles. The van der Waals surface area contributed by atoms with Gasteiger partial charge in [-0.1, -0.05) is 6.08 Å². The second-order valence-corrected chi connectivity index (χ2v) is 3.28. The number of nitrogens with one attached hydrogen (secondary N) is 1. The summed E-state index contributed by atoms with van der Waals surface area (Å²) in [5.41, 5.74) is 0.321. The van der Waals surface area contributed by atoms with Gasteiger partial charge in [0.2, 0.25) is 5.91 Å². The summed E-state index contributed by atoms with van der Waals surface area (Å²) >= 11 is 5.39. The van der Waals surface area contributed by atoms with Crippen molar-refractivity contribution in [2.24, 2.45) is 0 Å². The number of methoxy groups -OCH3 is 1. The van der Waals surface area contributed by atoms with Crippen LogP contribution in [0, 0.1) is 0 Å². The average Bonchev–Trinajstić information content (AvgIpc) is 2.36. The minimum atomic E-state index is -0.475. The maximum Gasteiger partial charge on any atom is 0.339 e. The van der Waals surface area contributed by atoms with Crippen molar-refractivity contribution in [3.8, 4) is 0 Å². The fraction of sp³-hybridized carbons (Fsp3) is 0.182. The zero-order valence-electron chi connectivity index (χ0n) is 9.14. The van der Waals surface area contributed by atoms with Crippen LogP contribution in [0.1, 0.15) is 10.4 Å². The number of anilines is 1. The summed E-state index contributed by atoms with van der Waals surface area (Å²) in [6, 6.07) is 3.03. The van der Waals surface area contributed by atoms with Gasteiger partial charge in [-0.3, -0.25) is 4.79 Å². The Balaban J connectivity index is 2.65. The van der Waals surface area contributed by atoms with Crippen molar-refractivity contribution >= 4 is 29.3 Å². The van der Waals surface area contributed by atoms with Crippen LogP contribution in [0.3, 0.4) is 0 Å². The van der Waals surface area contributed by atoms with E-state index in [2.05, 4.69) is 15.0 Å². The second-order valence-electron chi connectivity index (χ2n) is 2.97. The number of hydrogen-bond donors (Lipinski definition) is 1. The number of halogens is 1. The number of esters is 1. The van der Waals surface area contributed by atoms with Crippen molar-refractivity contribution in [3.63, 3.8) is 0 Å². The van der Waals surface area contributed by atoms with Crippen molar-refractivity contribution < 1.29 is 14.3 Å². The van der Waals surface area contributed by atoms with Gasteiger partial charge in [0, 0.05) is 18.2 Å². The number of alkyl halides is 1. The Labute approximate surface area is 103 Å². The number of pyridine rings is 1. The highest BCUT2D eigenvalue weighted by molar-refractivity contribution is 6.19. The van der Waals surface area contributed by atoms with Crippen LogP contribution in [0.15, 0.2) is 30.5 Å². The van der Waals surface area contributed by atoms with Crippen molar-refractivity contribution in [1.29, 1.82) is 0 Å². The molecule has 0 spiro atoms. The van der Waals surface area contributed by atoms with Crippen LogP contribution in [0.25, 0.3) is 0 Å². The third kappa shape index (κ3) is 4.24. The molecule has 6 heteroatoms. The van der Waals surface area contributed by atoms with Crippen LogP contribution >= 0.6 is 11.6 Å². The fourth-order valence-corrected chi connectivity index (χ4v) is 1.11. The van der Waals surface area contributed by atoms with E-state index >= 15 is 0 Å². The van der Waals surface area contributed by atoms with Crippen LogP contribution in [0.4, 0.5) is 5.82 Å². The highest BCUT2D eigenvalue weighted by atomic mass is 35.5. The summed E-state index contributed by atoms with van der Waals surface area (Å²) < 4.78 is 4.52. The predicted molar refractivity (Wildman–Crippen MR) is 64.1 cm³/mol. The number of aromatic nitrogens is 1. The lowest BCUT2D eigenvalue weighted by atomic mass is 10.3. The Bertz CT molecular complexity index is 429. The van der Waals surface area contributed by atoms with E-state index in [1.165, 1.54) is 37.6 Å². The van der Waals surface area contributed by atoms with Crippen LogP contribution in [0.5, 0.6) is 0 Å². The first kappa shape index (κ1) is 13.2. The minimum absolute atomic E-state index is 0.266. The van der Waals surface area contributed by atoms with Crippen molar-refractivity contribution in [2.45, 2.75) is 0 Å². The lowest BCUT2D eigenvalue weighted by Gasteiger charge is -2.02. The quantitative estimate of drug-likeness (QED) is 0.503. The van der Waals surface area contributed by atoms with E-state index in [1.54, 1.807) is 0 Å². The molecule has 0 aromatic carbocycles. The highest BCUT2D eigenvalue weighted by Crippen LogP contribution is 2.06. The van der Waals surface area contributed by atoms with Gasteiger partial charge in [0.15, 0.2) is 0 Å². The van der Waals surface area contributed by atoms with E-state index in [9.17, 15) is 9.59 Å². The molecule has 1 N–H and O–H groups in total. The first-order valence-electron chi connectivity index (χ1n) is 4.75. The van der Waals surface area contributed by atoms with E-state index < -0.39 is 5.97 Å². The Morgan fingerprint density at radius 2 is 2.29 bits per heavy atom. The molecular weight excluding hydrogens is 244 g/mol. The first-order valence-corrected chi connectivity index (χ1v) is 5.28. The van der Waals surface area contributed by atoms with Crippen LogP contribution in [0.2, 0.25) is 0 Å². The molecule has 0 unspecified atom stereocenters. The van der Waals surface area contributed by atoms with Gasteiger partial charge in [-0.2, -0.15) is 0 Å². The summed E-state index contributed by atoms with van der Waals surface area (Å²) in [7, 11) is 1.29. The van der Waals surface area contributed by atoms with E-state index in [1.807, 2.05) is 0 Å². The topological polar surface area (TPSA) is 68.3 Å². The van der Waals surface area contributed by atoms with Crippen LogP contribution < -0.4 is 5.32 Å². The molecule has 5 nitrogen and oxygen atoms in total. The lowest BCUT2D eigenvalue weighted by Crippen LogP contribution is -2.10. The van der Waals surface area contributed by atoms with Gasteiger partial charge in [-0.25, -0.2) is 9.78 Å². The molecule has 1 aromatic rings. The molecule has 17 heavy (non-hydrogen) atoms. The maximum atomic E-state index is 11.3. The number of carbonyl (C=O) groups excluding carboxylic acids is 2. The van der Waals surface area contributed by atoms with Crippen molar-refractivity contribution in [1.82, 2.24) is 4.98 Å². The molecular formula is C11H11ClN2O3. The van der Waals surface area contributed by atoms with Gasteiger partial charge in [0.25, 0.3) is 0 Å². The summed E-state index contributed by atoms with van der Waals surface area (Å²) in [4.78, 5) is 26.3. The molecule has 0 saturated carbocycles. The van der Waals surface area contributed by atoms with Gasteiger partial charge in [-0.05, 0) is 12.1 Å². The molecule has 1 rings (SSSR count). The van der Waals surface area contributed by atoms with Crippen LogP contribution in [-0.2, 0) is 9.53 Å².